The van der Waals surface area contributed by atoms with Gasteiger partial charge < -0.3 is 19.5 Å². The Morgan fingerprint density at radius 2 is 1.87 bits per heavy atom. The molecule has 1 aromatic heterocycles. The molecule has 0 saturated heterocycles. The van der Waals surface area contributed by atoms with Gasteiger partial charge in [-0.15, -0.1) is 0 Å². The fourth-order valence-corrected chi connectivity index (χ4v) is 3.54. The molecule has 3 rings (SSSR count). The number of carbonyl (C=O) groups is 1. The van der Waals surface area contributed by atoms with Crippen LogP contribution in [0.4, 0.5) is 5.82 Å². The van der Waals surface area contributed by atoms with Crippen LogP contribution < -0.4 is 19.5 Å². The highest BCUT2D eigenvalue weighted by Crippen LogP contribution is 2.41. The minimum absolute atomic E-state index is 0.110. The van der Waals surface area contributed by atoms with Gasteiger partial charge in [0.15, 0.2) is 0 Å². The van der Waals surface area contributed by atoms with E-state index in [0.29, 0.717) is 34.6 Å². The molecule has 1 N–H and O–H groups in total. The molecular weight excluding hydrogens is 406 g/mol. The molecule has 1 aromatic carbocycles. The number of nitrogens with zero attached hydrogens (tertiary/aromatic N) is 2. The second-order valence-corrected chi connectivity index (χ2v) is 7.34. The van der Waals surface area contributed by atoms with Gasteiger partial charge >= 0.3 is 0 Å². The number of anilines is 1. The molecule has 0 spiro atoms. The summed E-state index contributed by atoms with van der Waals surface area (Å²) in [5.41, 5.74) is 2.04. The molecule has 30 heavy (non-hydrogen) atoms. The summed E-state index contributed by atoms with van der Waals surface area (Å²) >= 11 is 5.84. The number of amides is 1. The van der Waals surface area contributed by atoms with Crippen LogP contribution in [-0.4, -0.2) is 56.3 Å². The largest absolute Gasteiger partial charge is 0.496 e. The zero-order chi connectivity index (χ0) is 21.7. The van der Waals surface area contributed by atoms with Gasteiger partial charge in [-0.3, -0.25) is 9.69 Å². The number of rotatable bonds is 7. The summed E-state index contributed by atoms with van der Waals surface area (Å²) in [6.07, 6.45) is 4.38. The van der Waals surface area contributed by atoms with Crippen molar-refractivity contribution in [1.82, 2.24) is 9.88 Å². The fourth-order valence-electron chi connectivity index (χ4n) is 3.43. The van der Waals surface area contributed by atoms with E-state index in [1.54, 1.807) is 33.5 Å². The highest BCUT2D eigenvalue weighted by molar-refractivity contribution is 6.30. The van der Waals surface area contributed by atoms with Crippen molar-refractivity contribution in [3.63, 3.8) is 0 Å². The molecule has 1 atom stereocenters. The number of hydrogen-bond donors (Lipinski definition) is 1. The van der Waals surface area contributed by atoms with Gasteiger partial charge in [-0.05, 0) is 31.1 Å². The summed E-state index contributed by atoms with van der Waals surface area (Å²) in [5, 5.41) is 3.36. The average molecular weight is 432 g/mol. The van der Waals surface area contributed by atoms with E-state index in [-0.39, 0.29) is 11.9 Å². The Bertz CT molecular complexity index is 905. The van der Waals surface area contributed by atoms with Crippen LogP contribution in [0.2, 0.25) is 5.02 Å². The zero-order valence-electron chi connectivity index (χ0n) is 17.6. The minimum Gasteiger partial charge on any atom is -0.496 e. The van der Waals surface area contributed by atoms with Crippen molar-refractivity contribution in [3.05, 3.63) is 47.1 Å². The maximum absolute atomic E-state index is 12.6. The number of nitrogens with one attached hydrogen (secondary N) is 1. The lowest BCUT2D eigenvalue weighted by Gasteiger charge is -2.31. The van der Waals surface area contributed by atoms with Crippen LogP contribution in [0.1, 0.15) is 18.9 Å². The molecule has 1 amide bonds. The predicted molar refractivity (Wildman–Crippen MR) is 118 cm³/mol. The van der Waals surface area contributed by atoms with Crippen LogP contribution in [0.15, 0.2) is 36.5 Å². The lowest BCUT2D eigenvalue weighted by molar-refractivity contribution is -0.120. The molecule has 7 nitrogen and oxygen atoms in total. The van der Waals surface area contributed by atoms with Gasteiger partial charge in [0.1, 0.15) is 23.1 Å². The van der Waals surface area contributed by atoms with Crippen LogP contribution in [0.25, 0.3) is 5.57 Å². The van der Waals surface area contributed by atoms with Gasteiger partial charge in [0.05, 0.1) is 38.0 Å². The molecular formula is C22H26ClN3O4. The Morgan fingerprint density at radius 3 is 2.37 bits per heavy atom. The Hall–Kier alpha value is -2.77. The minimum atomic E-state index is -0.306. The summed E-state index contributed by atoms with van der Waals surface area (Å²) in [5.74, 6) is 2.45. The molecule has 0 aliphatic carbocycles. The van der Waals surface area contributed by atoms with Crippen LogP contribution in [-0.2, 0) is 4.79 Å². The number of aromatic nitrogens is 1. The van der Waals surface area contributed by atoms with Crippen LogP contribution in [0.5, 0.6) is 17.2 Å². The summed E-state index contributed by atoms with van der Waals surface area (Å²) in [7, 11) is 4.87. The van der Waals surface area contributed by atoms with Crippen LogP contribution in [0, 0.1) is 0 Å². The third kappa shape index (κ3) is 4.86. The van der Waals surface area contributed by atoms with Gasteiger partial charge in [-0.25, -0.2) is 4.98 Å². The van der Waals surface area contributed by atoms with Crippen molar-refractivity contribution >= 4 is 28.9 Å². The summed E-state index contributed by atoms with van der Waals surface area (Å²) < 4.78 is 16.5. The van der Waals surface area contributed by atoms with E-state index in [2.05, 4.69) is 21.3 Å². The Kier molecular flexibility index (Phi) is 7.18. The maximum Gasteiger partial charge on any atom is 0.242 e. The first kappa shape index (κ1) is 21.9. The van der Waals surface area contributed by atoms with Crippen LogP contribution in [0.3, 0.4) is 0 Å². The number of methoxy groups -OCH3 is 3. The molecule has 0 radical (unpaired) electrons. The summed E-state index contributed by atoms with van der Waals surface area (Å²) in [4.78, 5) is 18.8. The van der Waals surface area contributed by atoms with Crippen molar-refractivity contribution < 1.29 is 19.0 Å². The lowest BCUT2D eigenvalue weighted by atomic mass is 9.96. The second kappa shape index (κ2) is 9.82. The molecule has 0 saturated carbocycles. The van der Waals surface area contributed by atoms with Gasteiger partial charge in [0.25, 0.3) is 0 Å². The topological polar surface area (TPSA) is 72.9 Å². The number of benzene rings is 1. The smallest absolute Gasteiger partial charge is 0.242 e. The first-order valence-corrected chi connectivity index (χ1v) is 10.0. The highest BCUT2D eigenvalue weighted by atomic mass is 35.5. The Morgan fingerprint density at radius 1 is 1.17 bits per heavy atom. The highest BCUT2D eigenvalue weighted by Gasteiger charge is 2.26. The molecule has 0 fully saturated rings. The van der Waals surface area contributed by atoms with Crippen molar-refractivity contribution in [1.29, 1.82) is 0 Å². The van der Waals surface area contributed by atoms with Crippen molar-refractivity contribution in [2.75, 3.05) is 39.7 Å². The first-order valence-electron chi connectivity index (χ1n) is 9.62. The molecule has 2 heterocycles. The number of hydrogen-bond acceptors (Lipinski definition) is 6. The quantitative estimate of drug-likeness (QED) is 0.717. The third-order valence-electron chi connectivity index (χ3n) is 5.18. The lowest BCUT2D eigenvalue weighted by Crippen LogP contribution is -2.44. The van der Waals surface area contributed by atoms with Crippen molar-refractivity contribution in [2.45, 2.75) is 19.4 Å². The van der Waals surface area contributed by atoms with E-state index >= 15 is 0 Å². The third-order valence-corrected chi connectivity index (χ3v) is 5.41. The van der Waals surface area contributed by atoms with Gasteiger partial charge in [0.2, 0.25) is 5.91 Å². The maximum atomic E-state index is 12.6. The Balaban J connectivity index is 1.73. The van der Waals surface area contributed by atoms with E-state index in [0.717, 1.165) is 24.1 Å². The van der Waals surface area contributed by atoms with Crippen LogP contribution >= 0.6 is 11.6 Å². The van der Waals surface area contributed by atoms with E-state index in [1.165, 1.54) is 6.20 Å². The molecule has 1 aliphatic heterocycles. The van der Waals surface area contributed by atoms with Crippen molar-refractivity contribution in [2.24, 2.45) is 0 Å². The molecule has 1 aliphatic rings. The monoisotopic (exact) mass is 431 g/mol. The molecule has 160 valence electrons. The van der Waals surface area contributed by atoms with Gasteiger partial charge in [0, 0.05) is 31.4 Å². The molecule has 1 unspecified atom stereocenters. The number of pyridine rings is 1. The molecule has 8 heteroatoms. The summed E-state index contributed by atoms with van der Waals surface area (Å²) in [6, 6.07) is 6.77. The van der Waals surface area contributed by atoms with E-state index in [4.69, 9.17) is 25.8 Å². The Labute approximate surface area is 181 Å². The van der Waals surface area contributed by atoms with E-state index < -0.39 is 0 Å². The standard InChI is InChI=1S/C22H26ClN3O4/c1-14(22(27)25-20-6-5-16(23)13-24-20)26-9-7-15(8-10-26)21-18(29-3)11-17(28-2)12-19(21)30-4/h5-7,11-14H,8-10H2,1-4H3,(H,24,25,27). The number of halogens is 1. The normalized spacial score (nSPS) is 15.2. The summed E-state index contributed by atoms with van der Waals surface area (Å²) in [6.45, 7) is 3.25. The zero-order valence-corrected chi connectivity index (χ0v) is 18.3. The molecule has 0 bridgehead atoms. The van der Waals surface area contributed by atoms with Gasteiger partial charge in [-0.2, -0.15) is 0 Å². The number of ether oxygens (including phenoxy) is 3. The molecule has 2 aromatic rings. The number of carbonyl (C=O) groups excluding carboxylic acids is 1. The second-order valence-electron chi connectivity index (χ2n) is 6.91. The predicted octanol–water partition coefficient (Wildman–Crippen LogP) is 3.88. The first-order chi connectivity index (χ1) is 14.5. The SMILES string of the molecule is COc1cc(OC)c(C2=CCN(C(C)C(=O)Nc3ccc(Cl)cn3)CC2)c(OC)c1. The fraction of sp³-hybridized carbons (Fsp3) is 0.364. The van der Waals surface area contributed by atoms with Gasteiger partial charge in [-0.1, -0.05) is 17.7 Å². The van der Waals surface area contributed by atoms with E-state index in [9.17, 15) is 4.79 Å². The average Bonchev–Trinajstić information content (AvgIpc) is 2.79. The van der Waals surface area contributed by atoms with E-state index in [1.807, 2.05) is 19.1 Å². The van der Waals surface area contributed by atoms with Crippen molar-refractivity contribution in [3.8, 4) is 17.2 Å².